The fourth-order valence-corrected chi connectivity index (χ4v) is 5.10. The van der Waals surface area contributed by atoms with Crippen LogP contribution in [0.25, 0.3) is 0 Å². The monoisotopic (exact) mass is 441 g/mol. The van der Waals surface area contributed by atoms with Gasteiger partial charge >= 0.3 is 5.97 Å². The number of quaternary nitrogens is 1. The van der Waals surface area contributed by atoms with Gasteiger partial charge in [0, 0.05) is 18.1 Å². The second kappa shape index (κ2) is 9.03. The highest BCUT2D eigenvalue weighted by molar-refractivity contribution is 5.90. The number of anilines is 1. The number of hydrogen-bond donors (Lipinski definition) is 1. The first-order valence-corrected chi connectivity index (χ1v) is 11.3. The predicted octanol–water partition coefficient (Wildman–Crippen LogP) is 2.13. The summed E-state index contributed by atoms with van der Waals surface area (Å²) in [6, 6.07) is 10.6. The van der Waals surface area contributed by atoms with Gasteiger partial charge in [0.15, 0.2) is 18.5 Å². The Morgan fingerprint density at radius 3 is 2.62 bits per heavy atom. The number of aryl methyl sites for hydroxylation is 1. The molecule has 0 radical (unpaired) electrons. The Hall–Kier alpha value is -2.71. The van der Waals surface area contributed by atoms with Gasteiger partial charge in [-0.25, -0.2) is 0 Å². The number of hydrogen-bond acceptors (Lipinski definition) is 6. The van der Waals surface area contributed by atoms with Gasteiger partial charge in [-0.05, 0) is 18.4 Å². The van der Waals surface area contributed by atoms with Crippen molar-refractivity contribution in [2.45, 2.75) is 50.7 Å². The van der Waals surface area contributed by atoms with Crippen LogP contribution in [0.3, 0.4) is 0 Å². The maximum Gasteiger partial charge on any atom is 0.300 e. The summed E-state index contributed by atoms with van der Waals surface area (Å²) < 4.78 is 11.2. The van der Waals surface area contributed by atoms with Crippen LogP contribution >= 0.6 is 0 Å². The summed E-state index contributed by atoms with van der Waals surface area (Å²) in [5, 5.41) is 20.5. The van der Waals surface area contributed by atoms with E-state index in [2.05, 4.69) is 10.5 Å². The molecule has 1 N–H and O–H groups in total. The van der Waals surface area contributed by atoms with E-state index in [1.165, 1.54) is 0 Å². The zero-order valence-electron chi connectivity index (χ0n) is 18.7. The third kappa shape index (κ3) is 4.71. The van der Waals surface area contributed by atoms with Crippen LogP contribution in [0.4, 0.5) is 5.82 Å². The van der Waals surface area contributed by atoms with Gasteiger partial charge in [-0.1, -0.05) is 61.2 Å². The first kappa shape index (κ1) is 22.5. The Morgan fingerprint density at radius 2 is 1.97 bits per heavy atom. The molecule has 3 atom stereocenters. The molecule has 1 aliphatic heterocycles. The van der Waals surface area contributed by atoms with E-state index in [-0.39, 0.29) is 24.5 Å². The lowest BCUT2D eigenvalue weighted by molar-refractivity contribution is -0.890. The molecule has 0 bridgehead atoms. The number of nitrogens with zero attached hydrogens (tertiary/aromatic N) is 2. The number of aromatic nitrogens is 1. The Labute approximate surface area is 188 Å². The molecule has 2 fully saturated rings. The number of likely N-dealkylation sites (N-methyl/N-ethyl adjacent to an activating group) is 1. The molecular formula is C24H31N3O5. The zero-order valence-corrected chi connectivity index (χ0v) is 18.7. The number of carbonyl (C=O) groups excluding carboxylic acids is 2. The minimum absolute atomic E-state index is 0.179. The SMILES string of the molecule is Cc1cc(NC(=O)C[N+]2(C)CC[C@@H](OC(=O)C([O-])(c3ccccc3)C3CCCC3)C2)no1. The van der Waals surface area contributed by atoms with Gasteiger partial charge in [0.25, 0.3) is 5.91 Å². The van der Waals surface area contributed by atoms with Crippen LogP contribution < -0.4 is 10.4 Å². The maximum absolute atomic E-state index is 14.0. The van der Waals surface area contributed by atoms with Gasteiger partial charge in [0.05, 0.1) is 13.6 Å². The summed E-state index contributed by atoms with van der Waals surface area (Å²) in [6.07, 6.45) is 3.66. The predicted molar refractivity (Wildman–Crippen MR) is 115 cm³/mol. The number of ether oxygens (including phenoxy) is 1. The molecule has 1 aromatic carbocycles. The van der Waals surface area contributed by atoms with Crippen LogP contribution in [0, 0.1) is 12.8 Å². The van der Waals surface area contributed by atoms with Crippen molar-refractivity contribution in [2.75, 3.05) is 32.0 Å². The topological polar surface area (TPSA) is 104 Å². The van der Waals surface area contributed by atoms with Crippen molar-refractivity contribution in [1.82, 2.24) is 5.16 Å². The van der Waals surface area contributed by atoms with Gasteiger partial charge in [0.1, 0.15) is 12.3 Å². The Balaban J connectivity index is 1.40. The van der Waals surface area contributed by atoms with Crippen LogP contribution in [-0.2, 0) is 19.9 Å². The third-order valence-electron chi connectivity index (χ3n) is 6.77. The van der Waals surface area contributed by atoms with E-state index in [1.807, 2.05) is 13.1 Å². The van der Waals surface area contributed by atoms with Crippen LogP contribution in [0.15, 0.2) is 40.9 Å². The highest BCUT2D eigenvalue weighted by atomic mass is 16.6. The van der Waals surface area contributed by atoms with Crippen molar-refractivity contribution in [3.8, 4) is 0 Å². The number of likely N-dealkylation sites (tertiary alicyclic amines) is 1. The zero-order chi connectivity index (χ0) is 22.8. The van der Waals surface area contributed by atoms with Crippen LogP contribution in [-0.4, -0.2) is 54.3 Å². The molecule has 2 aliphatic rings. The van der Waals surface area contributed by atoms with E-state index < -0.39 is 11.6 Å². The molecule has 1 amide bonds. The molecule has 172 valence electrons. The molecule has 2 aromatic rings. The van der Waals surface area contributed by atoms with E-state index in [1.54, 1.807) is 37.3 Å². The number of amides is 1. The first-order chi connectivity index (χ1) is 15.3. The van der Waals surface area contributed by atoms with Crippen molar-refractivity contribution in [2.24, 2.45) is 5.92 Å². The Kier molecular flexibility index (Phi) is 6.35. The summed E-state index contributed by atoms with van der Waals surface area (Å²) in [4.78, 5) is 25.7. The van der Waals surface area contributed by atoms with Gasteiger partial charge in [-0.3, -0.25) is 9.59 Å². The van der Waals surface area contributed by atoms with Crippen molar-refractivity contribution in [3.63, 3.8) is 0 Å². The average molecular weight is 442 g/mol. The van der Waals surface area contributed by atoms with E-state index >= 15 is 0 Å². The molecule has 2 heterocycles. The quantitative estimate of drug-likeness (QED) is 0.521. The number of nitrogens with one attached hydrogen (secondary N) is 1. The summed E-state index contributed by atoms with van der Waals surface area (Å²) in [7, 11) is 1.96. The standard InChI is InChI=1S/C24H31N3O5/c1-17-14-21(26-32-17)25-22(28)16-27(2)13-12-20(15-27)31-23(29)24(30,19-10-6-7-11-19)18-8-4-3-5-9-18/h3-5,8-9,14,19-20H,6-7,10-13,15-16H2,1-2H3,(H,25,26,28)/t20-,24?,27?/m1/s1. The van der Waals surface area contributed by atoms with Crippen molar-refractivity contribution in [3.05, 3.63) is 47.7 Å². The molecule has 32 heavy (non-hydrogen) atoms. The van der Waals surface area contributed by atoms with Crippen LogP contribution in [0.5, 0.6) is 0 Å². The summed E-state index contributed by atoms with van der Waals surface area (Å²) in [5.74, 6) is -0.110. The molecule has 1 aromatic heterocycles. The van der Waals surface area contributed by atoms with Crippen molar-refractivity contribution >= 4 is 17.7 Å². The largest absolute Gasteiger partial charge is 0.837 e. The lowest BCUT2D eigenvalue weighted by Crippen LogP contribution is -2.55. The minimum Gasteiger partial charge on any atom is -0.837 e. The number of carbonyl (C=O) groups is 2. The van der Waals surface area contributed by atoms with Gasteiger partial charge in [-0.2, -0.15) is 0 Å². The number of benzene rings is 1. The Morgan fingerprint density at radius 1 is 1.25 bits per heavy atom. The fraction of sp³-hybridized carbons (Fsp3) is 0.542. The molecule has 4 rings (SSSR count). The van der Waals surface area contributed by atoms with Crippen LogP contribution in [0.2, 0.25) is 0 Å². The highest BCUT2D eigenvalue weighted by Crippen LogP contribution is 2.40. The van der Waals surface area contributed by atoms with E-state index in [4.69, 9.17) is 9.26 Å². The Bertz CT molecular complexity index is 956. The molecule has 8 nitrogen and oxygen atoms in total. The van der Waals surface area contributed by atoms with E-state index in [0.29, 0.717) is 41.1 Å². The molecule has 8 heteroatoms. The number of rotatable bonds is 7. The maximum atomic E-state index is 14.0. The second-order valence-electron chi connectivity index (χ2n) is 9.45. The van der Waals surface area contributed by atoms with Gasteiger partial charge < -0.3 is 24.2 Å². The molecule has 1 saturated heterocycles. The van der Waals surface area contributed by atoms with E-state index in [0.717, 1.165) is 25.7 Å². The summed E-state index contributed by atoms with van der Waals surface area (Å²) in [6.45, 7) is 3.16. The molecule has 2 unspecified atom stereocenters. The highest BCUT2D eigenvalue weighted by Gasteiger charge is 2.43. The van der Waals surface area contributed by atoms with Gasteiger partial charge in [0.2, 0.25) is 0 Å². The minimum atomic E-state index is -1.88. The number of esters is 1. The first-order valence-electron chi connectivity index (χ1n) is 11.3. The molecule has 1 saturated carbocycles. The molecule has 0 spiro atoms. The normalized spacial score (nSPS) is 25.4. The fourth-order valence-electron chi connectivity index (χ4n) is 5.10. The smallest absolute Gasteiger partial charge is 0.300 e. The van der Waals surface area contributed by atoms with Gasteiger partial charge in [-0.15, -0.1) is 0 Å². The lowest BCUT2D eigenvalue weighted by atomic mass is 9.80. The lowest BCUT2D eigenvalue weighted by Gasteiger charge is -2.44. The third-order valence-corrected chi connectivity index (χ3v) is 6.77. The average Bonchev–Trinajstić information content (AvgIpc) is 3.50. The molecular weight excluding hydrogens is 410 g/mol. The van der Waals surface area contributed by atoms with Crippen molar-refractivity contribution in [1.29, 1.82) is 0 Å². The van der Waals surface area contributed by atoms with Crippen LogP contribution in [0.1, 0.15) is 43.4 Å². The second-order valence-corrected chi connectivity index (χ2v) is 9.45. The summed E-state index contributed by atoms with van der Waals surface area (Å²) in [5.41, 5.74) is -1.40. The summed E-state index contributed by atoms with van der Waals surface area (Å²) >= 11 is 0. The molecule has 1 aliphatic carbocycles. The van der Waals surface area contributed by atoms with E-state index in [9.17, 15) is 14.7 Å². The van der Waals surface area contributed by atoms with Crippen molar-refractivity contribution < 1.29 is 28.4 Å².